The van der Waals surface area contributed by atoms with Gasteiger partial charge in [0.1, 0.15) is 22.9 Å². The topological polar surface area (TPSA) is 114 Å². The standard InChI is InChI=1S/C48H49N5O5S2/c1-47(2,3)58-45(56)41-39(27-17-29-52-28-16-19-32-18-14-15-26-37(32)52)59-31-38-40(44(55)53(38)41)50-43(54)42(57-4)36-30-60-46(49-36)51-48(33-20-8-5-9-21-33,34-22-10-6-11-23-34)35-24-12-7-13-25-35/h5-13,16-17,19-25,27-28,30,38,40,42H,14-15,18,26,29,31H2,1-4H3,(H-,49,50,51,54)/p+1/t38-,40+,42?/m1/s1. The van der Waals surface area contributed by atoms with Crippen LogP contribution < -0.4 is 15.2 Å². The maximum atomic E-state index is 14.0. The number of thiazole rings is 1. The molecule has 12 heteroatoms. The fourth-order valence-electron chi connectivity index (χ4n) is 8.38. The molecular formula is C48H50N5O5S2+. The third kappa shape index (κ3) is 8.28. The monoisotopic (exact) mass is 840 g/mol. The highest BCUT2D eigenvalue weighted by molar-refractivity contribution is 8.03. The Morgan fingerprint density at radius 1 is 0.917 bits per heavy atom. The van der Waals surface area contributed by atoms with E-state index in [4.69, 9.17) is 14.5 Å². The summed E-state index contributed by atoms with van der Waals surface area (Å²) in [4.78, 5) is 48.9. The first kappa shape index (κ1) is 41.2. The van der Waals surface area contributed by atoms with Crippen molar-refractivity contribution in [3.8, 4) is 0 Å². The van der Waals surface area contributed by atoms with Gasteiger partial charge in [0.15, 0.2) is 29.7 Å². The number of aromatic nitrogens is 2. The van der Waals surface area contributed by atoms with E-state index >= 15 is 0 Å². The summed E-state index contributed by atoms with van der Waals surface area (Å²) in [6, 6.07) is 33.6. The number of benzene rings is 3. The van der Waals surface area contributed by atoms with E-state index in [2.05, 4.69) is 69.9 Å². The van der Waals surface area contributed by atoms with Gasteiger partial charge in [-0.15, -0.1) is 23.1 Å². The summed E-state index contributed by atoms with van der Waals surface area (Å²) in [7, 11) is 1.45. The molecule has 4 heterocycles. The van der Waals surface area contributed by atoms with E-state index in [1.807, 2.05) is 66.7 Å². The SMILES string of the molecule is COC(C(=O)N[C@@H]1C(=O)N2C(C(=O)OC(C)(C)C)=C(C=CC[n+]3cccc4c3CCCC4)SC[C@H]12)c1csc(NC(c2ccccc2)(c2ccccc2)c2ccccc2)n1. The molecule has 1 fully saturated rings. The molecule has 1 saturated heterocycles. The van der Waals surface area contributed by atoms with Gasteiger partial charge in [0, 0.05) is 41.2 Å². The fourth-order valence-corrected chi connectivity index (χ4v) is 10.4. The Bertz CT molecular complexity index is 2310. The number of allylic oxidation sites excluding steroid dienone is 2. The Morgan fingerprint density at radius 2 is 1.55 bits per heavy atom. The van der Waals surface area contributed by atoms with Crippen molar-refractivity contribution in [3.05, 3.63) is 171 Å². The van der Waals surface area contributed by atoms with Crippen LogP contribution in [0, 0.1) is 0 Å². The average molecular weight is 841 g/mol. The predicted molar refractivity (Wildman–Crippen MR) is 235 cm³/mol. The van der Waals surface area contributed by atoms with Crippen LogP contribution >= 0.6 is 23.1 Å². The number of pyridine rings is 1. The Kier molecular flexibility index (Phi) is 12.1. The lowest BCUT2D eigenvalue weighted by atomic mass is 9.77. The second-order valence-electron chi connectivity index (χ2n) is 16.2. The molecule has 0 saturated carbocycles. The number of rotatable bonds is 13. The molecule has 3 atom stereocenters. The number of methoxy groups -OCH3 is 1. The first-order valence-electron chi connectivity index (χ1n) is 20.4. The number of fused-ring (bicyclic) bond motifs is 2. The number of nitrogens with one attached hydrogen (secondary N) is 2. The van der Waals surface area contributed by atoms with Crippen molar-refractivity contribution in [2.45, 2.75) is 82.3 Å². The molecule has 1 unspecified atom stereocenters. The number of carbonyl (C=O) groups excluding carboxylic acids is 3. The van der Waals surface area contributed by atoms with Gasteiger partial charge in [-0.2, -0.15) is 4.57 Å². The minimum atomic E-state index is -1.09. The molecule has 3 aliphatic rings. The maximum Gasteiger partial charge on any atom is 0.356 e. The highest BCUT2D eigenvalue weighted by Gasteiger charge is 2.54. The van der Waals surface area contributed by atoms with E-state index in [0.717, 1.165) is 29.5 Å². The molecule has 0 spiro atoms. The molecule has 2 amide bonds. The van der Waals surface area contributed by atoms with E-state index in [1.54, 1.807) is 26.2 Å². The lowest BCUT2D eigenvalue weighted by molar-refractivity contribution is -0.695. The summed E-state index contributed by atoms with van der Waals surface area (Å²) in [5, 5.41) is 9.10. The molecular weight excluding hydrogens is 791 g/mol. The summed E-state index contributed by atoms with van der Waals surface area (Å²) < 4.78 is 13.9. The lowest BCUT2D eigenvalue weighted by Gasteiger charge is -2.50. The predicted octanol–water partition coefficient (Wildman–Crippen LogP) is 7.65. The van der Waals surface area contributed by atoms with E-state index in [-0.39, 0.29) is 11.6 Å². The Labute approximate surface area is 359 Å². The van der Waals surface area contributed by atoms with Gasteiger partial charge >= 0.3 is 5.97 Å². The number of aryl methyl sites for hydroxylation is 1. The number of β-lactam (4-membered cyclic amide) rings is 1. The van der Waals surface area contributed by atoms with Crippen molar-refractivity contribution >= 4 is 46.0 Å². The lowest BCUT2D eigenvalue weighted by Crippen LogP contribution is -2.72. The smallest absolute Gasteiger partial charge is 0.356 e. The molecule has 0 bridgehead atoms. The Morgan fingerprint density at radius 3 is 2.17 bits per heavy atom. The van der Waals surface area contributed by atoms with Crippen molar-refractivity contribution in [2.24, 2.45) is 0 Å². The molecule has 5 aromatic rings. The highest BCUT2D eigenvalue weighted by atomic mass is 32.2. The minimum Gasteiger partial charge on any atom is -0.455 e. The second-order valence-corrected chi connectivity index (χ2v) is 18.1. The quantitative estimate of drug-likeness (QED) is 0.0539. The van der Waals surface area contributed by atoms with Gasteiger partial charge in [0.2, 0.25) is 0 Å². The van der Waals surface area contributed by atoms with Gasteiger partial charge < -0.3 is 20.1 Å². The molecule has 0 radical (unpaired) electrons. The van der Waals surface area contributed by atoms with Crippen molar-refractivity contribution in [3.63, 3.8) is 0 Å². The zero-order valence-electron chi connectivity index (χ0n) is 34.3. The molecule has 1 aliphatic carbocycles. The van der Waals surface area contributed by atoms with Crippen molar-refractivity contribution < 1.29 is 28.4 Å². The number of nitrogens with zero attached hydrogens (tertiary/aromatic N) is 3. The van der Waals surface area contributed by atoms with E-state index in [0.29, 0.717) is 28.0 Å². The molecule has 8 rings (SSSR count). The number of carbonyl (C=O) groups is 3. The fraction of sp³-hybridized carbons (Fsp3) is 0.312. The summed E-state index contributed by atoms with van der Waals surface area (Å²) in [6.07, 6.45) is 9.48. The molecule has 3 aromatic carbocycles. The molecule has 2 aliphatic heterocycles. The van der Waals surface area contributed by atoms with Crippen LogP contribution in [0.5, 0.6) is 0 Å². The molecule has 2 N–H and O–H groups in total. The van der Waals surface area contributed by atoms with Crippen molar-refractivity contribution in [1.82, 2.24) is 15.2 Å². The molecule has 308 valence electrons. The van der Waals surface area contributed by atoms with Gasteiger partial charge in [0.25, 0.3) is 11.8 Å². The Hall–Kier alpha value is -5.56. The van der Waals surface area contributed by atoms with Crippen molar-refractivity contribution in [1.29, 1.82) is 0 Å². The zero-order chi connectivity index (χ0) is 41.9. The van der Waals surface area contributed by atoms with Gasteiger partial charge in [-0.1, -0.05) is 91.0 Å². The summed E-state index contributed by atoms with van der Waals surface area (Å²) in [6.45, 7) is 6.06. The number of amides is 2. The van der Waals surface area contributed by atoms with Gasteiger partial charge in [-0.3, -0.25) is 14.5 Å². The van der Waals surface area contributed by atoms with Crippen LogP contribution in [-0.2, 0) is 48.8 Å². The van der Waals surface area contributed by atoms with Crippen LogP contribution in [0.2, 0.25) is 0 Å². The number of anilines is 1. The number of hydrogen-bond donors (Lipinski definition) is 2. The number of thioether (sulfide) groups is 1. The minimum absolute atomic E-state index is 0.204. The second kappa shape index (κ2) is 17.6. The number of ether oxygens (including phenoxy) is 2. The summed E-state index contributed by atoms with van der Waals surface area (Å²) >= 11 is 2.86. The molecule has 10 nitrogen and oxygen atoms in total. The van der Waals surface area contributed by atoms with Gasteiger partial charge in [-0.05, 0) is 74.9 Å². The van der Waals surface area contributed by atoms with Crippen LogP contribution in [-0.4, -0.2) is 58.2 Å². The summed E-state index contributed by atoms with van der Waals surface area (Å²) in [5.41, 5.74) is 4.83. The van der Waals surface area contributed by atoms with Crippen LogP contribution in [0.15, 0.2) is 137 Å². The first-order chi connectivity index (χ1) is 29.1. The zero-order valence-corrected chi connectivity index (χ0v) is 35.9. The largest absolute Gasteiger partial charge is 0.455 e. The van der Waals surface area contributed by atoms with Gasteiger partial charge in [0.05, 0.1) is 11.7 Å². The van der Waals surface area contributed by atoms with E-state index in [9.17, 15) is 14.4 Å². The maximum absolute atomic E-state index is 14.0. The number of esters is 1. The third-order valence-electron chi connectivity index (χ3n) is 11.1. The Balaban J connectivity index is 1.02. The average Bonchev–Trinajstić information content (AvgIpc) is 3.72. The number of hydrogen-bond acceptors (Lipinski definition) is 9. The van der Waals surface area contributed by atoms with Gasteiger partial charge in [-0.25, -0.2) is 9.78 Å². The van der Waals surface area contributed by atoms with Crippen LogP contribution in [0.3, 0.4) is 0 Å². The van der Waals surface area contributed by atoms with E-state index in [1.165, 1.54) is 59.2 Å². The highest BCUT2D eigenvalue weighted by Crippen LogP contribution is 2.43. The van der Waals surface area contributed by atoms with E-state index < -0.39 is 41.2 Å². The normalized spacial score (nSPS) is 18.3. The molecule has 2 aromatic heterocycles. The van der Waals surface area contributed by atoms with Crippen LogP contribution in [0.4, 0.5) is 5.13 Å². The summed E-state index contributed by atoms with van der Waals surface area (Å²) in [5.74, 6) is -0.952. The molecule has 60 heavy (non-hydrogen) atoms. The van der Waals surface area contributed by atoms with Crippen LogP contribution in [0.1, 0.15) is 73.4 Å². The van der Waals surface area contributed by atoms with Crippen LogP contribution in [0.25, 0.3) is 0 Å². The first-order valence-corrected chi connectivity index (χ1v) is 22.3. The third-order valence-corrected chi connectivity index (χ3v) is 13.1. The van der Waals surface area contributed by atoms with Crippen molar-refractivity contribution in [2.75, 3.05) is 18.2 Å².